The number of aryl methyl sites for hydroxylation is 1. The number of phenolic OH excluding ortho intramolecular Hbond substituents is 2. The molecular weight excluding hydrogens is 420 g/mol. The summed E-state index contributed by atoms with van der Waals surface area (Å²) in [5.74, 6) is -1.51. The van der Waals surface area contributed by atoms with Crippen LogP contribution in [0, 0.1) is 0 Å². The van der Waals surface area contributed by atoms with E-state index in [0.717, 1.165) is 5.56 Å². The van der Waals surface area contributed by atoms with Crippen molar-refractivity contribution in [2.75, 3.05) is 6.61 Å². The van der Waals surface area contributed by atoms with Gasteiger partial charge in [0.15, 0.2) is 17.2 Å². The molecule has 7 nitrogen and oxygen atoms in total. The van der Waals surface area contributed by atoms with E-state index in [1.165, 1.54) is 12.1 Å². The highest BCUT2D eigenvalue weighted by Crippen LogP contribution is 2.40. The van der Waals surface area contributed by atoms with Crippen LogP contribution in [0.3, 0.4) is 0 Å². The summed E-state index contributed by atoms with van der Waals surface area (Å²) < 4.78 is 5.07. The largest absolute Gasteiger partial charge is 0.505 e. The Balaban J connectivity index is 1.67. The minimum Gasteiger partial charge on any atom is -0.505 e. The maximum Gasteiger partial charge on any atom is 0.333 e. The van der Waals surface area contributed by atoms with Gasteiger partial charge in [0.05, 0.1) is 17.9 Å². The van der Waals surface area contributed by atoms with Gasteiger partial charge in [-0.05, 0) is 49.6 Å². The molecule has 0 aliphatic carbocycles. The number of esters is 1. The second-order valence-corrected chi connectivity index (χ2v) is 7.41. The Morgan fingerprint density at radius 3 is 2.30 bits per heavy atom. The van der Waals surface area contributed by atoms with E-state index in [0.29, 0.717) is 36.3 Å². The van der Waals surface area contributed by atoms with Crippen molar-refractivity contribution >= 4 is 23.1 Å². The van der Waals surface area contributed by atoms with Crippen LogP contribution in [-0.4, -0.2) is 28.6 Å². The fraction of sp³-hybridized carbons (Fsp3) is 0.154. The van der Waals surface area contributed by atoms with Crippen molar-refractivity contribution in [3.8, 4) is 11.5 Å². The molecule has 7 heteroatoms. The summed E-state index contributed by atoms with van der Waals surface area (Å²) in [6.07, 6.45) is 1.38. The van der Waals surface area contributed by atoms with Crippen LogP contribution >= 0.6 is 0 Å². The fourth-order valence-electron chi connectivity index (χ4n) is 3.00. The van der Waals surface area contributed by atoms with Crippen molar-refractivity contribution in [2.45, 2.75) is 19.8 Å². The molecule has 0 radical (unpaired) electrons. The maximum absolute atomic E-state index is 12.7. The van der Waals surface area contributed by atoms with Crippen LogP contribution in [0.25, 0.3) is 0 Å². The van der Waals surface area contributed by atoms with Gasteiger partial charge in [-0.15, -0.1) is 5.11 Å². The molecule has 0 saturated heterocycles. The molecule has 0 aliphatic rings. The minimum atomic E-state index is -0.437. The summed E-state index contributed by atoms with van der Waals surface area (Å²) in [7, 11) is 0. The highest BCUT2D eigenvalue weighted by atomic mass is 16.5. The number of ether oxygens (including phenoxy) is 1. The van der Waals surface area contributed by atoms with Crippen molar-refractivity contribution in [3.63, 3.8) is 0 Å². The zero-order valence-electron chi connectivity index (χ0n) is 18.2. The van der Waals surface area contributed by atoms with Gasteiger partial charge in [-0.3, -0.25) is 4.79 Å². The predicted molar refractivity (Wildman–Crippen MR) is 124 cm³/mol. The van der Waals surface area contributed by atoms with E-state index >= 15 is 0 Å². The average molecular weight is 444 g/mol. The number of hydrogen-bond donors (Lipinski definition) is 2. The van der Waals surface area contributed by atoms with Crippen LogP contribution < -0.4 is 0 Å². The topological polar surface area (TPSA) is 109 Å². The molecule has 33 heavy (non-hydrogen) atoms. The van der Waals surface area contributed by atoms with Gasteiger partial charge >= 0.3 is 5.97 Å². The Labute approximate surface area is 191 Å². The van der Waals surface area contributed by atoms with Crippen LogP contribution in [0.2, 0.25) is 0 Å². The van der Waals surface area contributed by atoms with Crippen LogP contribution in [0.15, 0.2) is 89.1 Å². The highest BCUT2D eigenvalue weighted by Gasteiger charge is 2.19. The van der Waals surface area contributed by atoms with E-state index < -0.39 is 11.7 Å². The summed E-state index contributed by atoms with van der Waals surface area (Å²) in [6, 6.07) is 18.4. The Bertz CT molecular complexity index is 1190. The molecule has 0 bridgehead atoms. The molecule has 0 amide bonds. The lowest BCUT2D eigenvalue weighted by molar-refractivity contribution is -0.139. The Hall–Kier alpha value is -4.26. The van der Waals surface area contributed by atoms with Gasteiger partial charge in [-0.25, -0.2) is 4.79 Å². The number of benzene rings is 3. The second kappa shape index (κ2) is 10.9. The zero-order chi connectivity index (χ0) is 23.8. The first-order valence-corrected chi connectivity index (χ1v) is 10.3. The van der Waals surface area contributed by atoms with Gasteiger partial charge in [0.1, 0.15) is 5.75 Å². The molecule has 0 atom stereocenters. The Morgan fingerprint density at radius 1 is 0.939 bits per heavy atom. The third-order valence-corrected chi connectivity index (χ3v) is 4.80. The van der Waals surface area contributed by atoms with Gasteiger partial charge in [0, 0.05) is 11.1 Å². The predicted octanol–water partition coefficient (Wildman–Crippen LogP) is 5.80. The Morgan fingerprint density at radius 2 is 1.64 bits per heavy atom. The molecule has 3 aromatic carbocycles. The van der Waals surface area contributed by atoms with Gasteiger partial charge < -0.3 is 14.9 Å². The van der Waals surface area contributed by atoms with Crippen molar-refractivity contribution in [1.82, 2.24) is 0 Å². The number of azo groups is 1. The number of aromatic hydroxyl groups is 2. The number of nitrogens with zero attached hydrogens (tertiary/aromatic N) is 2. The molecule has 0 fully saturated rings. The molecule has 0 unspecified atom stereocenters. The highest BCUT2D eigenvalue weighted by molar-refractivity contribution is 6.11. The third kappa shape index (κ3) is 6.13. The summed E-state index contributed by atoms with van der Waals surface area (Å²) in [5.41, 5.74) is 2.16. The summed E-state index contributed by atoms with van der Waals surface area (Å²) in [6.45, 7) is 5.45. The zero-order valence-corrected chi connectivity index (χ0v) is 18.2. The quantitative estimate of drug-likeness (QED) is 0.143. The van der Waals surface area contributed by atoms with Crippen molar-refractivity contribution in [1.29, 1.82) is 0 Å². The van der Waals surface area contributed by atoms with Gasteiger partial charge in [-0.1, -0.05) is 49.0 Å². The normalized spacial score (nSPS) is 10.8. The number of carbonyl (C=O) groups excluding carboxylic acids is 2. The summed E-state index contributed by atoms with van der Waals surface area (Å²) >= 11 is 0. The third-order valence-electron chi connectivity index (χ3n) is 4.80. The van der Waals surface area contributed by atoms with Crippen LogP contribution in [0.4, 0.5) is 11.4 Å². The molecule has 168 valence electrons. The lowest BCUT2D eigenvalue weighted by atomic mass is 10.0. The molecule has 0 saturated carbocycles. The second-order valence-electron chi connectivity index (χ2n) is 7.41. The standard InChI is InChI=1S/C26H24N2O5/c1-17(2)26(32)33-16-6-7-18-10-12-20(13-11-18)27-28-23-22(29)15-14-21(25(23)31)24(30)19-8-4-3-5-9-19/h3-5,8-15,29,31H,1,6-7,16H2,2H3. The summed E-state index contributed by atoms with van der Waals surface area (Å²) in [5, 5.41) is 28.7. The molecule has 3 rings (SSSR count). The lowest BCUT2D eigenvalue weighted by Crippen LogP contribution is -2.06. The van der Waals surface area contributed by atoms with Crippen LogP contribution in [0.5, 0.6) is 11.5 Å². The van der Waals surface area contributed by atoms with E-state index in [9.17, 15) is 19.8 Å². The van der Waals surface area contributed by atoms with Crippen molar-refractivity contribution < 1.29 is 24.5 Å². The minimum absolute atomic E-state index is 0.0237. The first-order valence-electron chi connectivity index (χ1n) is 10.3. The molecule has 0 aliphatic heterocycles. The molecule has 0 heterocycles. The van der Waals surface area contributed by atoms with E-state index in [1.807, 2.05) is 12.1 Å². The fourth-order valence-corrected chi connectivity index (χ4v) is 3.00. The smallest absolute Gasteiger partial charge is 0.333 e. The van der Waals surface area contributed by atoms with Crippen LogP contribution in [-0.2, 0) is 16.0 Å². The number of ketones is 1. The number of rotatable bonds is 9. The molecular formula is C26H24N2O5. The van der Waals surface area contributed by atoms with E-state index in [2.05, 4.69) is 16.8 Å². The average Bonchev–Trinajstić information content (AvgIpc) is 2.82. The molecule has 0 spiro atoms. The SMILES string of the molecule is C=C(C)C(=O)OCCCc1ccc(N=Nc2c(O)ccc(C(=O)c3ccccc3)c2O)cc1. The number of carbonyl (C=O) groups is 2. The lowest BCUT2D eigenvalue weighted by Gasteiger charge is -2.07. The van der Waals surface area contributed by atoms with E-state index in [1.54, 1.807) is 49.4 Å². The van der Waals surface area contributed by atoms with Gasteiger partial charge in [0.2, 0.25) is 0 Å². The maximum atomic E-state index is 12.7. The van der Waals surface area contributed by atoms with E-state index in [4.69, 9.17) is 4.74 Å². The number of hydrogen-bond acceptors (Lipinski definition) is 7. The van der Waals surface area contributed by atoms with Gasteiger partial charge in [0.25, 0.3) is 0 Å². The number of phenols is 2. The van der Waals surface area contributed by atoms with Crippen molar-refractivity contribution in [3.05, 3.63) is 95.6 Å². The van der Waals surface area contributed by atoms with E-state index in [-0.39, 0.29) is 22.8 Å². The monoisotopic (exact) mass is 444 g/mol. The first kappa shape index (κ1) is 23.4. The van der Waals surface area contributed by atoms with Crippen LogP contribution in [0.1, 0.15) is 34.8 Å². The molecule has 3 aromatic rings. The Kier molecular flexibility index (Phi) is 7.70. The summed E-state index contributed by atoms with van der Waals surface area (Å²) in [4.78, 5) is 24.0. The van der Waals surface area contributed by atoms with Gasteiger partial charge in [-0.2, -0.15) is 5.11 Å². The molecule has 0 aromatic heterocycles. The first-order chi connectivity index (χ1) is 15.9. The van der Waals surface area contributed by atoms with Crippen molar-refractivity contribution in [2.24, 2.45) is 10.2 Å². The molecule has 2 N–H and O–H groups in total.